The molecule has 0 aliphatic heterocycles. The first-order valence-corrected chi connectivity index (χ1v) is 13.9. The summed E-state index contributed by atoms with van der Waals surface area (Å²) in [6.45, 7) is 0.865. The summed E-state index contributed by atoms with van der Waals surface area (Å²) in [5.74, 6) is -0.0687. The minimum atomic E-state index is -0.351. The molecule has 2 aromatic heterocycles. The largest absolute Gasteiger partial charge is 0.496 e. The Morgan fingerprint density at radius 3 is 2.42 bits per heavy atom. The predicted molar refractivity (Wildman–Crippen MR) is 156 cm³/mol. The van der Waals surface area contributed by atoms with Crippen molar-refractivity contribution in [2.45, 2.75) is 19.5 Å². The molecule has 0 atom stereocenters. The standard InChI is InChI=1S/C32H30FN3O3S/c1-39-29-10-5-2-7-25(29)21-35(17-16-24-19-34-28-9-4-3-8-27(24)28)31(37)22-36(32(38)30-11-6-18-40-30)20-23-12-14-26(33)15-13-23/h2-15,18-19,34H,16-17,20-22H2,1H3. The van der Waals surface area contributed by atoms with E-state index in [1.165, 1.54) is 28.4 Å². The van der Waals surface area contributed by atoms with Crippen LogP contribution in [-0.4, -0.2) is 46.8 Å². The van der Waals surface area contributed by atoms with E-state index < -0.39 is 0 Å². The number of H-pyrrole nitrogens is 1. The number of ether oxygens (including phenoxy) is 1. The Balaban J connectivity index is 1.40. The lowest BCUT2D eigenvalue weighted by molar-refractivity contribution is -0.132. The monoisotopic (exact) mass is 555 g/mol. The molecule has 0 aliphatic carbocycles. The number of nitrogens with zero attached hydrogens (tertiary/aromatic N) is 2. The maximum atomic E-state index is 13.9. The summed E-state index contributed by atoms with van der Waals surface area (Å²) in [5.41, 5.74) is 3.79. The fourth-order valence-electron chi connectivity index (χ4n) is 4.75. The summed E-state index contributed by atoms with van der Waals surface area (Å²) < 4.78 is 19.1. The van der Waals surface area contributed by atoms with Gasteiger partial charge in [-0.2, -0.15) is 0 Å². The first-order valence-electron chi connectivity index (χ1n) is 13.0. The number of amides is 2. The number of rotatable bonds is 11. The van der Waals surface area contributed by atoms with Crippen LogP contribution >= 0.6 is 11.3 Å². The fourth-order valence-corrected chi connectivity index (χ4v) is 5.44. The van der Waals surface area contributed by atoms with E-state index in [-0.39, 0.29) is 30.7 Å². The van der Waals surface area contributed by atoms with E-state index in [1.54, 1.807) is 30.2 Å². The van der Waals surface area contributed by atoms with Crippen molar-refractivity contribution in [3.8, 4) is 5.75 Å². The highest BCUT2D eigenvalue weighted by molar-refractivity contribution is 7.12. The molecule has 0 unspecified atom stereocenters. The van der Waals surface area contributed by atoms with Crippen LogP contribution in [0.1, 0.15) is 26.4 Å². The molecule has 40 heavy (non-hydrogen) atoms. The van der Waals surface area contributed by atoms with Crippen LogP contribution in [0.3, 0.4) is 0 Å². The number of fused-ring (bicyclic) bond motifs is 1. The minimum absolute atomic E-state index is 0.114. The number of thiophene rings is 1. The number of para-hydroxylation sites is 2. The SMILES string of the molecule is COc1ccccc1CN(CCc1c[nH]c2ccccc12)C(=O)CN(Cc1ccc(F)cc1)C(=O)c1cccs1. The molecule has 3 aromatic carbocycles. The van der Waals surface area contributed by atoms with Crippen LogP contribution in [0.15, 0.2) is 96.5 Å². The van der Waals surface area contributed by atoms with Gasteiger partial charge in [0.25, 0.3) is 5.91 Å². The molecule has 1 N–H and O–H groups in total. The number of carbonyl (C=O) groups excluding carboxylic acids is 2. The number of halogens is 1. The molecule has 0 aliphatic rings. The van der Waals surface area contributed by atoms with E-state index >= 15 is 0 Å². The molecular formula is C32H30FN3O3S. The van der Waals surface area contributed by atoms with Gasteiger partial charge in [-0.05, 0) is 53.3 Å². The van der Waals surface area contributed by atoms with Crippen LogP contribution in [0, 0.1) is 5.82 Å². The van der Waals surface area contributed by atoms with Gasteiger partial charge < -0.3 is 19.5 Å². The molecule has 5 rings (SSSR count). The summed E-state index contributed by atoms with van der Waals surface area (Å²) in [7, 11) is 1.61. The third kappa shape index (κ3) is 6.40. The zero-order valence-corrected chi connectivity index (χ0v) is 23.0. The molecule has 0 radical (unpaired) electrons. The van der Waals surface area contributed by atoms with E-state index in [0.717, 1.165) is 27.6 Å². The molecule has 6 nitrogen and oxygen atoms in total. The van der Waals surface area contributed by atoms with Crippen LogP contribution in [-0.2, 0) is 24.3 Å². The zero-order valence-electron chi connectivity index (χ0n) is 22.2. The second kappa shape index (κ2) is 12.6. The van der Waals surface area contributed by atoms with Gasteiger partial charge >= 0.3 is 0 Å². The van der Waals surface area contributed by atoms with E-state index in [0.29, 0.717) is 30.1 Å². The van der Waals surface area contributed by atoms with Crippen molar-refractivity contribution in [1.82, 2.24) is 14.8 Å². The first kappa shape index (κ1) is 27.1. The Morgan fingerprint density at radius 1 is 0.875 bits per heavy atom. The van der Waals surface area contributed by atoms with Crippen LogP contribution in [0.5, 0.6) is 5.75 Å². The highest BCUT2D eigenvalue weighted by Gasteiger charge is 2.24. The molecule has 0 saturated carbocycles. The highest BCUT2D eigenvalue weighted by Crippen LogP contribution is 2.23. The summed E-state index contributed by atoms with van der Waals surface area (Å²) in [5, 5.41) is 2.96. The zero-order chi connectivity index (χ0) is 27.9. The smallest absolute Gasteiger partial charge is 0.264 e. The average molecular weight is 556 g/mol. The summed E-state index contributed by atoms with van der Waals surface area (Å²) in [6, 6.07) is 25.3. The van der Waals surface area contributed by atoms with Crippen molar-refractivity contribution in [2.24, 2.45) is 0 Å². The molecule has 2 amide bonds. The lowest BCUT2D eigenvalue weighted by atomic mass is 10.1. The highest BCUT2D eigenvalue weighted by atomic mass is 32.1. The van der Waals surface area contributed by atoms with Crippen molar-refractivity contribution < 1.29 is 18.7 Å². The van der Waals surface area contributed by atoms with Crippen molar-refractivity contribution in [3.63, 3.8) is 0 Å². The Morgan fingerprint density at radius 2 is 1.65 bits per heavy atom. The van der Waals surface area contributed by atoms with E-state index in [9.17, 15) is 14.0 Å². The predicted octanol–water partition coefficient (Wildman–Crippen LogP) is 6.29. The third-order valence-electron chi connectivity index (χ3n) is 6.86. The maximum Gasteiger partial charge on any atom is 0.264 e. The molecule has 5 aromatic rings. The normalized spacial score (nSPS) is 10.9. The third-order valence-corrected chi connectivity index (χ3v) is 7.72. The van der Waals surface area contributed by atoms with Gasteiger partial charge in [0.15, 0.2) is 0 Å². The topological polar surface area (TPSA) is 65.6 Å². The Bertz CT molecular complexity index is 1580. The second-order valence-corrected chi connectivity index (χ2v) is 10.4. The molecule has 204 valence electrons. The molecule has 0 saturated heterocycles. The van der Waals surface area contributed by atoms with Crippen LogP contribution in [0.4, 0.5) is 4.39 Å². The number of hydrogen-bond donors (Lipinski definition) is 1. The van der Waals surface area contributed by atoms with Gasteiger partial charge in [0.2, 0.25) is 5.91 Å². The fraction of sp³-hybridized carbons (Fsp3) is 0.188. The van der Waals surface area contributed by atoms with Crippen LogP contribution < -0.4 is 4.74 Å². The van der Waals surface area contributed by atoms with Gasteiger partial charge in [0.05, 0.1) is 12.0 Å². The number of aromatic nitrogens is 1. The molecular weight excluding hydrogens is 525 g/mol. The van der Waals surface area contributed by atoms with Crippen molar-refractivity contribution in [3.05, 3.63) is 124 Å². The van der Waals surface area contributed by atoms with Crippen molar-refractivity contribution in [1.29, 1.82) is 0 Å². The van der Waals surface area contributed by atoms with E-state index in [2.05, 4.69) is 11.1 Å². The Kier molecular flexibility index (Phi) is 8.56. The van der Waals surface area contributed by atoms with Crippen molar-refractivity contribution >= 4 is 34.1 Å². The van der Waals surface area contributed by atoms with Gasteiger partial charge in [-0.3, -0.25) is 9.59 Å². The van der Waals surface area contributed by atoms with E-state index in [4.69, 9.17) is 4.74 Å². The average Bonchev–Trinajstić information content (AvgIpc) is 3.66. The molecule has 0 fully saturated rings. The van der Waals surface area contributed by atoms with Gasteiger partial charge in [0, 0.05) is 42.3 Å². The number of hydrogen-bond acceptors (Lipinski definition) is 4. The van der Waals surface area contributed by atoms with Crippen LogP contribution in [0.25, 0.3) is 10.9 Å². The van der Waals surface area contributed by atoms with Gasteiger partial charge in [-0.25, -0.2) is 4.39 Å². The first-order chi connectivity index (χ1) is 19.5. The summed E-state index contributed by atoms with van der Waals surface area (Å²) in [4.78, 5) is 34.5. The van der Waals surface area contributed by atoms with Gasteiger partial charge in [0.1, 0.15) is 18.1 Å². The number of carbonyl (C=O) groups is 2. The van der Waals surface area contributed by atoms with Gasteiger partial charge in [-0.1, -0.05) is 54.6 Å². The maximum absolute atomic E-state index is 13.9. The van der Waals surface area contributed by atoms with Crippen LogP contribution in [0.2, 0.25) is 0 Å². The second-order valence-electron chi connectivity index (χ2n) is 9.50. The quantitative estimate of drug-likeness (QED) is 0.208. The number of methoxy groups -OCH3 is 1. The van der Waals surface area contributed by atoms with Gasteiger partial charge in [-0.15, -0.1) is 11.3 Å². The minimum Gasteiger partial charge on any atom is -0.496 e. The molecule has 0 bridgehead atoms. The Labute approximate surface area is 236 Å². The molecule has 2 heterocycles. The summed E-state index contributed by atoms with van der Waals surface area (Å²) >= 11 is 1.33. The molecule has 0 spiro atoms. The lowest BCUT2D eigenvalue weighted by Gasteiger charge is -2.28. The summed E-state index contributed by atoms with van der Waals surface area (Å²) in [6.07, 6.45) is 2.62. The number of aromatic amines is 1. The van der Waals surface area contributed by atoms with E-state index in [1.807, 2.05) is 60.1 Å². The lowest BCUT2D eigenvalue weighted by Crippen LogP contribution is -2.43. The number of nitrogens with one attached hydrogen (secondary N) is 1. The van der Waals surface area contributed by atoms with Crippen molar-refractivity contribution in [2.75, 3.05) is 20.2 Å². The number of benzene rings is 3. The Hall–Kier alpha value is -4.43. The molecule has 8 heteroatoms.